The summed E-state index contributed by atoms with van der Waals surface area (Å²) >= 11 is 0. The number of rotatable bonds is 0. The SMILES string of the molecule is CC.CC.CC(C)(C)S1(=O)=NCCC1.C[S@@]1(=O)=NCCC1.C[S@@]1(=O)=NCCC1. The number of nitrogens with zero attached hydrogens (tertiary/aromatic N) is 3. The summed E-state index contributed by atoms with van der Waals surface area (Å²) in [4.78, 5) is 0. The molecule has 6 nitrogen and oxygen atoms in total. The second kappa shape index (κ2) is 14.0. The van der Waals surface area contributed by atoms with Crippen molar-refractivity contribution in [3.05, 3.63) is 0 Å². The summed E-state index contributed by atoms with van der Waals surface area (Å²) in [5, 5.41) is 0. The van der Waals surface area contributed by atoms with Gasteiger partial charge < -0.3 is 0 Å². The lowest BCUT2D eigenvalue weighted by molar-refractivity contribution is 0.643. The maximum absolute atomic E-state index is 11.8. The Hall–Kier alpha value is -0.150. The molecule has 3 rings (SSSR count). The van der Waals surface area contributed by atoms with E-state index in [2.05, 4.69) is 13.1 Å². The fourth-order valence-corrected chi connectivity index (χ4v) is 7.04. The average Bonchev–Trinajstić information content (AvgIpc) is 3.34. The van der Waals surface area contributed by atoms with Gasteiger partial charge in [-0.3, -0.25) is 8.42 Å². The van der Waals surface area contributed by atoms with Gasteiger partial charge in [0.25, 0.3) is 0 Å². The van der Waals surface area contributed by atoms with Crippen LogP contribution in [-0.2, 0) is 29.2 Å². The molecule has 0 aromatic rings. The third kappa shape index (κ3) is 12.4. The zero-order chi connectivity index (χ0) is 22.5. The average molecular weight is 460 g/mol. The highest BCUT2D eigenvalue weighted by Crippen LogP contribution is 2.23. The Labute approximate surface area is 176 Å². The van der Waals surface area contributed by atoms with Crippen molar-refractivity contribution in [2.24, 2.45) is 13.1 Å². The first-order valence-electron chi connectivity index (χ1n) is 10.4. The van der Waals surface area contributed by atoms with Crippen LogP contribution in [0.4, 0.5) is 0 Å². The molecular weight excluding hydrogens is 414 g/mol. The molecule has 1 unspecified atom stereocenters. The minimum absolute atomic E-state index is 0.122. The molecule has 9 heteroatoms. The Morgan fingerprint density at radius 3 is 1.04 bits per heavy atom. The summed E-state index contributed by atoms with van der Waals surface area (Å²) in [6.45, 7) is 16.4. The van der Waals surface area contributed by atoms with E-state index in [1.165, 1.54) is 0 Å². The van der Waals surface area contributed by atoms with E-state index in [0.29, 0.717) is 0 Å². The summed E-state index contributed by atoms with van der Waals surface area (Å²) in [6, 6.07) is 0. The molecule has 0 saturated carbocycles. The minimum atomic E-state index is -1.84. The van der Waals surface area contributed by atoms with Gasteiger partial charge in [0.2, 0.25) is 0 Å². The van der Waals surface area contributed by atoms with E-state index in [1.807, 2.05) is 48.5 Å². The van der Waals surface area contributed by atoms with Crippen molar-refractivity contribution in [2.75, 3.05) is 49.4 Å². The maximum atomic E-state index is 11.8. The lowest BCUT2D eigenvalue weighted by atomic mass is 10.3. The van der Waals surface area contributed by atoms with Gasteiger partial charge in [0, 0.05) is 73.6 Å². The Morgan fingerprint density at radius 2 is 0.929 bits per heavy atom. The summed E-state index contributed by atoms with van der Waals surface area (Å²) in [7, 11) is -5.19. The van der Waals surface area contributed by atoms with Gasteiger partial charge in [-0.15, -0.1) is 0 Å². The highest BCUT2D eigenvalue weighted by molar-refractivity contribution is 7.95. The molecule has 0 N–H and O–H groups in total. The Morgan fingerprint density at radius 1 is 0.607 bits per heavy atom. The fraction of sp³-hybridized carbons (Fsp3) is 1.00. The van der Waals surface area contributed by atoms with Crippen molar-refractivity contribution < 1.29 is 12.6 Å². The van der Waals surface area contributed by atoms with Gasteiger partial charge >= 0.3 is 0 Å². The second-order valence-corrected chi connectivity index (χ2v) is 15.7. The maximum Gasteiger partial charge on any atom is 0.0518 e. The van der Waals surface area contributed by atoms with E-state index in [9.17, 15) is 12.6 Å². The molecular formula is C19H45N3O3S3. The normalized spacial score (nSPS) is 32.9. The molecule has 0 aromatic heterocycles. The number of hydrogen-bond acceptors (Lipinski definition) is 6. The first kappa shape index (κ1) is 30.0. The zero-order valence-corrected chi connectivity index (χ0v) is 22.1. The van der Waals surface area contributed by atoms with Gasteiger partial charge in [-0.2, -0.15) is 0 Å². The van der Waals surface area contributed by atoms with Crippen LogP contribution in [0.25, 0.3) is 0 Å². The lowest BCUT2D eigenvalue weighted by Gasteiger charge is -2.20. The molecule has 3 aliphatic heterocycles. The molecule has 0 bridgehead atoms. The van der Waals surface area contributed by atoms with Crippen LogP contribution in [-0.4, -0.2) is 66.8 Å². The molecule has 28 heavy (non-hydrogen) atoms. The van der Waals surface area contributed by atoms with Crippen LogP contribution in [0.15, 0.2) is 13.1 Å². The Bertz CT molecular complexity index is 734. The molecule has 3 atom stereocenters. The van der Waals surface area contributed by atoms with Crippen molar-refractivity contribution in [3.63, 3.8) is 0 Å². The molecule has 0 aliphatic carbocycles. The molecule has 0 radical (unpaired) electrons. The minimum Gasteiger partial charge on any atom is -0.250 e. The summed E-state index contributed by atoms with van der Waals surface area (Å²) in [5.41, 5.74) is 0. The van der Waals surface area contributed by atoms with Crippen molar-refractivity contribution in [1.29, 1.82) is 0 Å². The van der Waals surface area contributed by atoms with Crippen LogP contribution < -0.4 is 0 Å². The largest absolute Gasteiger partial charge is 0.250 e. The van der Waals surface area contributed by atoms with Gasteiger partial charge in [-0.1, -0.05) is 27.7 Å². The third-order valence-electron chi connectivity index (χ3n) is 3.93. The van der Waals surface area contributed by atoms with Crippen LogP contribution in [0.1, 0.15) is 67.7 Å². The van der Waals surface area contributed by atoms with E-state index in [4.69, 9.17) is 0 Å². The number of hydrogen-bond donors (Lipinski definition) is 0. The smallest absolute Gasteiger partial charge is 0.0518 e. The summed E-state index contributed by atoms with van der Waals surface area (Å²) in [6.07, 6.45) is 6.50. The summed E-state index contributed by atoms with van der Waals surface area (Å²) < 4.78 is 45.3. The Kier molecular flexibility index (Phi) is 15.0. The van der Waals surface area contributed by atoms with E-state index < -0.39 is 29.2 Å². The van der Waals surface area contributed by atoms with Gasteiger partial charge in [-0.25, -0.2) is 17.3 Å². The molecule has 3 heterocycles. The van der Waals surface area contributed by atoms with Crippen LogP contribution >= 0.6 is 0 Å². The van der Waals surface area contributed by atoms with E-state index in [-0.39, 0.29) is 4.75 Å². The van der Waals surface area contributed by atoms with Crippen molar-refractivity contribution in [1.82, 2.24) is 0 Å². The molecule has 172 valence electrons. The van der Waals surface area contributed by atoms with Crippen LogP contribution in [0.5, 0.6) is 0 Å². The van der Waals surface area contributed by atoms with Crippen molar-refractivity contribution in [2.45, 2.75) is 72.5 Å². The van der Waals surface area contributed by atoms with Gasteiger partial charge in [0.05, 0.1) is 9.73 Å². The zero-order valence-electron chi connectivity index (χ0n) is 19.7. The molecule has 0 saturated heterocycles. The predicted molar refractivity (Wildman–Crippen MR) is 129 cm³/mol. The van der Waals surface area contributed by atoms with Gasteiger partial charge in [0.1, 0.15) is 0 Å². The Balaban J connectivity index is 0. The molecule has 0 fully saturated rings. The molecule has 0 spiro atoms. The van der Waals surface area contributed by atoms with Crippen LogP contribution in [0.2, 0.25) is 0 Å². The van der Waals surface area contributed by atoms with Crippen LogP contribution in [0, 0.1) is 0 Å². The highest BCUT2D eigenvalue weighted by atomic mass is 32.2. The highest BCUT2D eigenvalue weighted by Gasteiger charge is 2.28. The predicted octanol–water partition coefficient (Wildman–Crippen LogP) is 4.68. The standard InChI is InChI=1S/C7H15NOS.2C4H9NOS.2C2H6/c1-7(2,3)10(9)6-4-5-8-10;2*1-7(6)4-2-3-5-7;2*1-2/h4-6H2,1-3H3;2*2-4H2,1H3;2*1-2H3/t;2*7-;;/m.00../s1. The van der Waals surface area contributed by atoms with Crippen LogP contribution in [0.3, 0.4) is 0 Å². The van der Waals surface area contributed by atoms with E-state index in [0.717, 1.165) is 56.2 Å². The first-order chi connectivity index (χ1) is 12.9. The van der Waals surface area contributed by atoms with E-state index in [1.54, 1.807) is 12.5 Å². The topological polar surface area (TPSA) is 88.3 Å². The molecule has 0 amide bonds. The molecule has 0 aromatic carbocycles. The second-order valence-electron chi connectivity index (χ2n) is 7.40. The first-order valence-corrected chi connectivity index (χ1v) is 16.3. The van der Waals surface area contributed by atoms with E-state index >= 15 is 0 Å². The lowest BCUT2D eigenvalue weighted by Crippen LogP contribution is -2.27. The quantitative estimate of drug-likeness (QED) is 0.526. The molecule has 3 aliphatic rings. The monoisotopic (exact) mass is 459 g/mol. The van der Waals surface area contributed by atoms with Gasteiger partial charge in [0.15, 0.2) is 0 Å². The third-order valence-corrected chi connectivity index (χ3v) is 10.8. The van der Waals surface area contributed by atoms with Crippen molar-refractivity contribution >= 4 is 29.2 Å². The summed E-state index contributed by atoms with van der Waals surface area (Å²) in [5.74, 6) is 2.43. The fourth-order valence-electron chi connectivity index (χ4n) is 2.35. The van der Waals surface area contributed by atoms with Crippen molar-refractivity contribution in [3.8, 4) is 0 Å². The van der Waals surface area contributed by atoms with Gasteiger partial charge in [-0.05, 0) is 40.0 Å².